The molecule has 1 amide bonds. The van der Waals surface area contributed by atoms with E-state index in [0.29, 0.717) is 5.92 Å². The van der Waals surface area contributed by atoms with Crippen molar-refractivity contribution < 1.29 is 9.53 Å². The third kappa shape index (κ3) is 3.01. The highest BCUT2D eigenvalue weighted by Crippen LogP contribution is 2.37. The average Bonchev–Trinajstić information content (AvgIpc) is 2.80. The Morgan fingerprint density at radius 1 is 1.43 bits per heavy atom. The standard InChI is InChI=1S/C16H22N2O2.ClH/c1-10(11-8-17-9-11)16(19)18-14-7-6-13-12(14)4-3-5-15(13)20-2;/h3-5,10-11,14,17H,6-9H2,1-2H3,(H,18,19);1H. The highest BCUT2D eigenvalue weighted by Gasteiger charge is 2.32. The predicted molar refractivity (Wildman–Crippen MR) is 85.0 cm³/mol. The fraction of sp³-hybridized carbons (Fsp3) is 0.562. The summed E-state index contributed by atoms with van der Waals surface area (Å²) < 4.78 is 5.40. The molecule has 1 aromatic rings. The number of methoxy groups -OCH3 is 1. The van der Waals surface area contributed by atoms with Gasteiger partial charge in [0.1, 0.15) is 5.75 Å². The number of hydrogen-bond donors (Lipinski definition) is 2. The molecule has 0 spiro atoms. The van der Waals surface area contributed by atoms with Gasteiger partial charge in [0.15, 0.2) is 0 Å². The summed E-state index contributed by atoms with van der Waals surface area (Å²) in [5.74, 6) is 1.69. The largest absolute Gasteiger partial charge is 0.496 e. The van der Waals surface area contributed by atoms with Crippen molar-refractivity contribution >= 4 is 18.3 Å². The van der Waals surface area contributed by atoms with E-state index in [0.717, 1.165) is 31.7 Å². The van der Waals surface area contributed by atoms with Crippen LogP contribution in [0.3, 0.4) is 0 Å². The topological polar surface area (TPSA) is 50.4 Å². The lowest BCUT2D eigenvalue weighted by Crippen LogP contribution is -2.49. The highest BCUT2D eigenvalue weighted by atomic mass is 35.5. The highest BCUT2D eigenvalue weighted by molar-refractivity contribution is 5.85. The average molecular weight is 311 g/mol. The first-order chi connectivity index (χ1) is 9.70. The van der Waals surface area contributed by atoms with Crippen LogP contribution in [0.2, 0.25) is 0 Å². The van der Waals surface area contributed by atoms with Gasteiger partial charge in [0.25, 0.3) is 0 Å². The molecule has 1 aromatic carbocycles. The first-order valence-electron chi connectivity index (χ1n) is 7.37. The molecule has 1 aliphatic carbocycles. The Morgan fingerprint density at radius 3 is 2.81 bits per heavy atom. The molecule has 2 N–H and O–H groups in total. The summed E-state index contributed by atoms with van der Waals surface area (Å²) in [5, 5.41) is 6.44. The summed E-state index contributed by atoms with van der Waals surface area (Å²) in [7, 11) is 1.70. The molecule has 1 heterocycles. The van der Waals surface area contributed by atoms with Gasteiger partial charge < -0.3 is 15.4 Å². The molecule has 2 aliphatic rings. The first-order valence-corrected chi connectivity index (χ1v) is 7.37. The van der Waals surface area contributed by atoms with Crippen LogP contribution in [0.1, 0.15) is 30.5 Å². The molecule has 2 atom stereocenters. The maximum Gasteiger partial charge on any atom is 0.223 e. The summed E-state index contributed by atoms with van der Waals surface area (Å²) in [6.45, 7) is 3.95. The Kier molecular flexibility index (Phi) is 5.12. The molecule has 4 nitrogen and oxygen atoms in total. The number of carbonyl (C=O) groups is 1. The fourth-order valence-corrected chi connectivity index (χ4v) is 3.14. The molecular weight excluding hydrogens is 288 g/mol. The number of fused-ring (bicyclic) bond motifs is 1. The second kappa shape index (κ2) is 6.67. The molecule has 0 aromatic heterocycles. The third-order valence-corrected chi connectivity index (χ3v) is 4.70. The quantitative estimate of drug-likeness (QED) is 0.895. The van der Waals surface area contributed by atoms with E-state index in [4.69, 9.17) is 4.74 Å². The molecule has 1 saturated heterocycles. The minimum Gasteiger partial charge on any atom is -0.496 e. The maximum absolute atomic E-state index is 12.3. The van der Waals surface area contributed by atoms with Crippen LogP contribution in [0, 0.1) is 11.8 Å². The number of benzene rings is 1. The van der Waals surface area contributed by atoms with Crippen molar-refractivity contribution in [2.75, 3.05) is 20.2 Å². The van der Waals surface area contributed by atoms with E-state index in [9.17, 15) is 4.79 Å². The van der Waals surface area contributed by atoms with Crippen LogP contribution in [0.15, 0.2) is 18.2 Å². The van der Waals surface area contributed by atoms with Crippen molar-refractivity contribution in [1.82, 2.24) is 10.6 Å². The predicted octanol–water partition coefficient (Wildman–Crippen LogP) is 2.08. The van der Waals surface area contributed by atoms with Crippen LogP contribution >= 0.6 is 12.4 Å². The van der Waals surface area contributed by atoms with E-state index in [2.05, 4.69) is 16.7 Å². The zero-order chi connectivity index (χ0) is 14.1. The van der Waals surface area contributed by atoms with Gasteiger partial charge >= 0.3 is 0 Å². The van der Waals surface area contributed by atoms with Crippen LogP contribution in [0.4, 0.5) is 0 Å². The third-order valence-electron chi connectivity index (χ3n) is 4.70. The number of carbonyl (C=O) groups excluding carboxylic acids is 1. The zero-order valence-corrected chi connectivity index (χ0v) is 13.3. The van der Waals surface area contributed by atoms with Gasteiger partial charge in [-0.15, -0.1) is 12.4 Å². The van der Waals surface area contributed by atoms with Gasteiger partial charge in [-0.1, -0.05) is 19.1 Å². The zero-order valence-electron chi connectivity index (χ0n) is 12.5. The molecule has 5 heteroatoms. The minimum atomic E-state index is 0. The lowest BCUT2D eigenvalue weighted by molar-refractivity contribution is -0.127. The molecule has 0 saturated carbocycles. The van der Waals surface area contributed by atoms with Gasteiger partial charge in [-0.25, -0.2) is 0 Å². The Labute approximate surface area is 132 Å². The van der Waals surface area contributed by atoms with E-state index in [1.807, 2.05) is 19.1 Å². The van der Waals surface area contributed by atoms with Crippen molar-refractivity contribution in [2.45, 2.75) is 25.8 Å². The monoisotopic (exact) mass is 310 g/mol. The first kappa shape index (κ1) is 16.1. The van der Waals surface area contributed by atoms with Crippen LogP contribution in [0.5, 0.6) is 5.75 Å². The minimum absolute atomic E-state index is 0. The molecule has 116 valence electrons. The molecule has 2 unspecified atom stereocenters. The van der Waals surface area contributed by atoms with E-state index < -0.39 is 0 Å². The van der Waals surface area contributed by atoms with Crippen LogP contribution < -0.4 is 15.4 Å². The van der Waals surface area contributed by atoms with Gasteiger partial charge in [-0.2, -0.15) is 0 Å². The summed E-state index contributed by atoms with van der Waals surface area (Å²) >= 11 is 0. The fourth-order valence-electron chi connectivity index (χ4n) is 3.14. The normalized spacial score (nSPS) is 21.7. The van der Waals surface area contributed by atoms with E-state index >= 15 is 0 Å². The summed E-state index contributed by atoms with van der Waals surface area (Å²) in [6, 6.07) is 6.24. The molecule has 1 aliphatic heterocycles. The summed E-state index contributed by atoms with van der Waals surface area (Å²) in [5.41, 5.74) is 2.47. The summed E-state index contributed by atoms with van der Waals surface area (Å²) in [4.78, 5) is 12.3. The number of ether oxygens (including phenoxy) is 1. The van der Waals surface area contributed by atoms with E-state index in [-0.39, 0.29) is 30.3 Å². The van der Waals surface area contributed by atoms with Gasteiger partial charge in [0.05, 0.1) is 13.2 Å². The van der Waals surface area contributed by atoms with Crippen LogP contribution in [0.25, 0.3) is 0 Å². The smallest absolute Gasteiger partial charge is 0.223 e. The second-order valence-electron chi connectivity index (χ2n) is 5.83. The number of nitrogens with one attached hydrogen (secondary N) is 2. The Bertz CT molecular complexity index is 517. The number of amides is 1. The van der Waals surface area contributed by atoms with E-state index in [1.165, 1.54) is 11.1 Å². The SMILES string of the molecule is COc1cccc2c1CCC2NC(=O)C(C)C1CNC1.Cl. The maximum atomic E-state index is 12.3. The number of hydrogen-bond acceptors (Lipinski definition) is 3. The van der Waals surface area contributed by atoms with Crippen molar-refractivity contribution in [2.24, 2.45) is 11.8 Å². The molecule has 0 bridgehead atoms. The van der Waals surface area contributed by atoms with Gasteiger partial charge in [-0.05, 0) is 49.0 Å². The van der Waals surface area contributed by atoms with Crippen molar-refractivity contribution in [3.63, 3.8) is 0 Å². The summed E-state index contributed by atoms with van der Waals surface area (Å²) in [6.07, 6.45) is 1.95. The van der Waals surface area contributed by atoms with Crippen molar-refractivity contribution in [3.05, 3.63) is 29.3 Å². The van der Waals surface area contributed by atoms with Crippen molar-refractivity contribution in [1.29, 1.82) is 0 Å². The lowest BCUT2D eigenvalue weighted by Gasteiger charge is -2.32. The Hall–Kier alpha value is -1.26. The second-order valence-corrected chi connectivity index (χ2v) is 5.83. The number of rotatable bonds is 4. The van der Waals surface area contributed by atoms with Crippen molar-refractivity contribution in [3.8, 4) is 5.75 Å². The lowest BCUT2D eigenvalue weighted by atomic mass is 9.88. The van der Waals surface area contributed by atoms with E-state index in [1.54, 1.807) is 7.11 Å². The van der Waals surface area contributed by atoms with Gasteiger partial charge in [0, 0.05) is 5.92 Å². The molecular formula is C16H23ClN2O2. The Morgan fingerprint density at radius 2 is 2.19 bits per heavy atom. The molecule has 1 fully saturated rings. The van der Waals surface area contributed by atoms with Crippen LogP contribution in [-0.4, -0.2) is 26.1 Å². The Balaban J connectivity index is 0.00000161. The van der Waals surface area contributed by atoms with Crippen LogP contribution in [-0.2, 0) is 11.2 Å². The molecule has 3 rings (SSSR count). The molecule has 21 heavy (non-hydrogen) atoms. The van der Waals surface area contributed by atoms with Gasteiger partial charge in [0.2, 0.25) is 5.91 Å². The molecule has 0 radical (unpaired) electrons. The number of halogens is 1. The van der Waals surface area contributed by atoms with Gasteiger partial charge in [-0.3, -0.25) is 4.79 Å².